The Morgan fingerprint density at radius 3 is 3.00 bits per heavy atom. The molecule has 0 unspecified atom stereocenters. The SMILES string of the molecule is CO[C@@H]1COC[C@@H](CNC(=O)c2ccc(F)c(Cl)c2)[C@@H]1O. The molecule has 2 N–H and O–H groups in total. The maximum absolute atomic E-state index is 13.0. The minimum Gasteiger partial charge on any atom is -0.390 e. The van der Waals surface area contributed by atoms with Gasteiger partial charge in [0.05, 0.1) is 24.3 Å². The molecule has 2 rings (SSSR count). The number of ether oxygens (including phenoxy) is 2. The third kappa shape index (κ3) is 3.91. The van der Waals surface area contributed by atoms with E-state index < -0.39 is 18.0 Å². The number of aliphatic hydroxyl groups is 1. The zero-order valence-electron chi connectivity index (χ0n) is 11.5. The summed E-state index contributed by atoms with van der Waals surface area (Å²) >= 11 is 5.64. The molecule has 0 radical (unpaired) electrons. The lowest BCUT2D eigenvalue weighted by Crippen LogP contribution is -2.49. The summed E-state index contributed by atoms with van der Waals surface area (Å²) in [4.78, 5) is 12.0. The smallest absolute Gasteiger partial charge is 0.251 e. The summed E-state index contributed by atoms with van der Waals surface area (Å²) in [5, 5.41) is 12.6. The molecule has 1 heterocycles. The van der Waals surface area contributed by atoms with Gasteiger partial charge in [0.15, 0.2) is 0 Å². The lowest BCUT2D eigenvalue weighted by molar-refractivity contribution is -0.132. The van der Waals surface area contributed by atoms with Crippen molar-refractivity contribution < 1.29 is 23.8 Å². The number of hydrogen-bond acceptors (Lipinski definition) is 4. The Bertz CT molecular complexity index is 514. The summed E-state index contributed by atoms with van der Waals surface area (Å²) < 4.78 is 23.5. The summed E-state index contributed by atoms with van der Waals surface area (Å²) in [5.74, 6) is -1.22. The standard InChI is InChI=1S/C14H17ClFNO4/c1-20-12-7-21-6-9(13(12)18)5-17-14(19)8-2-3-11(16)10(15)4-8/h2-4,9,12-13,18H,5-7H2,1H3,(H,17,19)/t9-,12-,13+/m1/s1. The van der Waals surface area contributed by atoms with Gasteiger partial charge < -0.3 is 19.9 Å². The number of rotatable bonds is 4. The molecule has 0 aliphatic carbocycles. The van der Waals surface area contributed by atoms with Gasteiger partial charge in [-0.05, 0) is 18.2 Å². The van der Waals surface area contributed by atoms with Crippen molar-refractivity contribution in [1.82, 2.24) is 5.32 Å². The predicted octanol–water partition coefficient (Wildman–Crippen LogP) is 1.23. The lowest BCUT2D eigenvalue weighted by atomic mass is 9.96. The lowest BCUT2D eigenvalue weighted by Gasteiger charge is -2.33. The molecule has 21 heavy (non-hydrogen) atoms. The van der Waals surface area contributed by atoms with Crippen LogP contribution in [0.1, 0.15) is 10.4 Å². The van der Waals surface area contributed by atoms with Crippen molar-refractivity contribution in [3.05, 3.63) is 34.6 Å². The molecule has 1 saturated heterocycles. The highest BCUT2D eigenvalue weighted by Crippen LogP contribution is 2.18. The molecular weight excluding hydrogens is 301 g/mol. The molecule has 1 aromatic rings. The number of carbonyl (C=O) groups is 1. The quantitative estimate of drug-likeness (QED) is 0.876. The van der Waals surface area contributed by atoms with Crippen LogP contribution in [-0.4, -0.2) is 50.1 Å². The molecule has 0 bridgehead atoms. The molecular formula is C14H17ClFNO4. The van der Waals surface area contributed by atoms with Crippen LogP contribution >= 0.6 is 11.6 Å². The van der Waals surface area contributed by atoms with Crippen LogP contribution in [0.5, 0.6) is 0 Å². The van der Waals surface area contributed by atoms with Gasteiger partial charge in [0.1, 0.15) is 11.9 Å². The fourth-order valence-corrected chi connectivity index (χ4v) is 2.37. The van der Waals surface area contributed by atoms with Crippen LogP contribution < -0.4 is 5.32 Å². The summed E-state index contributed by atoms with van der Waals surface area (Å²) in [6.07, 6.45) is -1.11. The van der Waals surface area contributed by atoms with E-state index in [1.165, 1.54) is 19.2 Å². The maximum Gasteiger partial charge on any atom is 0.251 e. The van der Waals surface area contributed by atoms with E-state index in [0.717, 1.165) is 6.07 Å². The van der Waals surface area contributed by atoms with Crippen LogP contribution in [0, 0.1) is 11.7 Å². The van der Waals surface area contributed by atoms with Crippen LogP contribution in [0.4, 0.5) is 4.39 Å². The molecule has 1 aliphatic heterocycles. The number of amides is 1. The van der Waals surface area contributed by atoms with Gasteiger partial charge in [-0.25, -0.2) is 4.39 Å². The topological polar surface area (TPSA) is 67.8 Å². The monoisotopic (exact) mass is 317 g/mol. The minimum atomic E-state index is -0.708. The number of nitrogens with one attached hydrogen (secondary N) is 1. The summed E-state index contributed by atoms with van der Waals surface area (Å²) in [6, 6.07) is 3.75. The Morgan fingerprint density at radius 2 is 2.33 bits per heavy atom. The van der Waals surface area contributed by atoms with Gasteiger partial charge in [-0.2, -0.15) is 0 Å². The number of hydrogen-bond donors (Lipinski definition) is 2. The van der Waals surface area contributed by atoms with Gasteiger partial charge in [0.25, 0.3) is 5.91 Å². The van der Waals surface area contributed by atoms with E-state index in [9.17, 15) is 14.3 Å². The van der Waals surface area contributed by atoms with E-state index in [1.54, 1.807) is 0 Å². The highest BCUT2D eigenvalue weighted by atomic mass is 35.5. The maximum atomic E-state index is 13.0. The average molecular weight is 318 g/mol. The third-order valence-corrected chi connectivity index (χ3v) is 3.78. The first-order valence-corrected chi connectivity index (χ1v) is 6.92. The molecule has 5 nitrogen and oxygen atoms in total. The molecule has 3 atom stereocenters. The fourth-order valence-electron chi connectivity index (χ4n) is 2.19. The second-order valence-corrected chi connectivity index (χ2v) is 5.31. The van der Waals surface area contributed by atoms with E-state index in [2.05, 4.69) is 5.32 Å². The highest BCUT2D eigenvalue weighted by molar-refractivity contribution is 6.31. The van der Waals surface area contributed by atoms with Crippen LogP contribution in [0.2, 0.25) is 5.02 Å². The Labute approximate surface area is 127 Å². The largest absolute Gasteiger partial charge is 0.390 e. The van der Waals surface area contributed by atoms with Crippen LogP contribution in [0.25, 0.3) is 0 Å². The summed E-state index contributed by atoms with van der Waals surface area (Å²) in [5.41, 5.74) is 0.260. The normalized spacial score (nSPS) is 25.6. The molecule has 1 aromatic carbocycles. The average Bonchev–Trinajstić information content (AvgIpc) is 2.48. The van der Waals surface area contributed by atoms with E-state index in [-0.39, 0.29) is 29.0 Å². The van der Waals surface area contributed by atoms with Gasteiger partial charge >= 0.3 is 0 Å². The van der Waals surface area contributed by atoms with Gasteiger partial charge in [0.2, 0.25) is 0 Å². The van der Waals surface area contributed by atoms with E-state index in [4.69, 9.17) is 21.1 Å². The fraction of sp³-hybridized carbons (Fsp3) is 0.500. The van der Waals surface area contributed by atoms with Crippen molar-refractivity contribution in [1.29, 1.82) is 0 Å². The van der Waals surface area contributed by atoms with Gasteiger partial charge in [-0.15, -0.1) is 0 Å². The first kappa shape index (κ1) is 16.2. The summed E-state index contributed by atoms with van der Waals surface area (Å²) in [6.45, 7) is 0.899. The van der Waals surface area contributed by atoms with E-state index in [0.29, 0.717) is 13.2 Å². The van der Waals surface area contributed by atoms with Crippen LogP contribution in [0.15, 0.2) is 18.2 Å². The van der Waals surface area contributed by atoms with Gasteiger partial charge in [0, 0.05) is 25.1 Å². The number of aliphatic hydroxyl groups excluding tert-OH is 1. The predicted molar refractivity (Wildman–Crippen MR) is 74.9 cm³/mol. The number of carbonyl (C=O) groups excluding carboxylic acids is 1. The second-order valence-electron chi connectivity index (χ2n) is 4.90. The molecule has 0 spiro atoms. The number of methoxy groups -OCH3 is 1. The van der Waals surface area contributed by atoms with Crippen molar-refractivity contribution in [3.63, 3.8) is 0 Å². The molecule has 1 aliphatic rings. The van der Waals surface area contributed by atoms with Crippen molar-refractivity contribution in [3.8, 4) is 0 Å². The second kappa shape index (κ2) is 7.17. The summed E-state index contributed by atoms with van der Waals surface area (Å²) in [7, 11) is 1.50. The number of benzene rings is 1. The third-order valence-electron chi connectivity index (χ3n) is 3.49. The molecule has 0 aromatic heterocycles. The zero-order chi connectivity index (χ0) is 15.4. The molecule has 1 amide bonds. The molecule has 7 heteroatoms. The highest BCUT2D eigenvalue weighted by Gasteiger charge is 2.32. The molecule has 116 valence electrons. The van der Waals surface area contributed by atoms with E-state index >= 15 is 0 Å². The zero-order valence-corrected chi connectivity index (χ0v) is 12.3. The van der Waals surface area contributed by atoms with Crippen LogP contribution in [-0.2, 0) is 9.47 Å². The Kier molecular flexibility index (Phi) is 5.52. The first-order chi connectivity index (χ1) is 10.0. The molecule has 0 saturated carbocycles. The number of halogens is 2. The van der Waals surface area contributed by atoms with Gasteiger partial charge in [-0.3, -0.25) is 4.79 Å². The minimum absolute atomic E-state index is 0.108. The Hall–Kier alpha value is -1.21. The van der Waals surface area contributed by atoms with Crippen LogP contribution in [0.3, 0.4) is 0 Å². The first-order valence-electron chi connectivity index (χ1n) is 6.54. The van der Waals surface area contributed by atoms with Crippen molar-refractivity contribution in [2.45, 2.75) is 12.2 Å². The van der Waals surface area contributed by atoms with Crippen molar-refractivity contribution in [2.75, 3.05) is 26.9 Å². The van der Waals surface area contributed by atoms with E-state index in [1.807, 2.05) is 0 Å². The molecule has 1 fully saturated rings. The van der Waals surface area contributed by atoms with Crippen molar-refractivity contribution in [2.24, 2.45) is 5.92 Å². The Morgan fingerprint density at radius 1 is 1.57 bits per heavy atom. The van der Waals surface area contributed by atoms with Gasteiger partial charge in [-0.1, -0.05) is 11.6 Å². The van der Waals surface area contributed by atoms with Crippen molar-refractivity contribution >= 4 is 17.5 Å². The Balaban J connectivity index is 1.92.